The SMILES string of the molecule is CS(=O)(=O)N(c1nn(CC(F)(F)F)c2c([N+](=O)[O-])ccc(Cl)c12)S(C)(=O)=O.CS(=O)(=O)Nc1nn(CC(F)(F)F)c2c([N+](=O)[O-])ccc(Cl)c12.CS(C)(=O)=O.Nc1nn(CC(F)(F)F)c2c([N+](=O)[O-])ccc(Cl)c12. The second-order valence-corrected chi connectivity index (χ2v) is 23.9. The van der Waals surface area contributed by atoms with Crippen molar-refractivity contribution >= 4 is 142 Å². The van der Waals surface area contributed by atoms with Gasteiger partial charge in [-0.1, -0.05) is 34.8 Å². The summed E-state index contributed by atoms with van der Waals surface area (Å²) in [5.74, 6) is -1.79. The number of benzene rings is 3. The van der Waals surface area contributed by atoms with Gasteiger partial charge in [-0.15, -0.1) is 3.71 Å². The van der Waals surface area contributed by atoms with Gasteiger partial charge < -0.3 is 5.73 Å². The first kappa shape index (κ1) is 62.0. The minimum atomic E-state index is -4.90. The Hall–Kier alpha value is -6.29. The standard InChI is InChI=1S/C11H10ClF3N4O6S2.C10H8ClF3N4O4S.C9H6ClF3N4O2.C2H6O2S/c1-26(22,23)19(27(2,24)25)10-8-6(12)3-4-7(18(20)21)9(8)17(16-10)5-11(13,14)15;1-23(21,22)16-9-7-5(11)2-3-6(18(19)20)8(7)17(15-9)4-10(12,13)14;10-4-1-2-5(17(18)19)7-6(4)8(14)15-16(7)3-9(11,12)13;1-5(2,3)4/h3-4H,5H2,1-2H3;2-3H,4H2,1H3,(H,15,16);1-2H,3H2,(H2,14,15);1-2H3. The molecule has 42 heteroatoms. The fourth-order valence-corrected chi connectivity index (χ4v) is 10.1. The fourth-order valence-electron chi connectivity index (χ4n) is 6.03. The van der Waals surface area contributed by atoms with Gasteiger partial charge in [0.1, 0.15) is 46.0 Å². The molecule has 3 heterocycles. The fraction of sp³-hybridized carbons (Fsp3) is 0.344. The van der Waals surface area contributed by atoms with Crippen LogP contribution in [0, 0.1) is 30.3 Å². The van der Waals surface area contributed by atoms with Gasteiger partial charge in [0.2, 0.25) is 30.1 Å². The number of halogens is 12. The van der Waals surface area contributed by atoms with Crippen LogP contribution in [0.3, 0.4) is 0 Å². The molecule has 3 N–H and O–H groups in total. The van der Waals surface area contributed by atoms with E-state index >= 15 is 0 Å². The van der Waals surface area contributed by atoms with E-state index in [-0.39, 0.29) is 40.5 Å². The summed E-state index contributed by atoms with van der Waals surface area (Å²) in [6.45, 7) is -4.97. The highest BCUT2D eigenvalue weighted by Crippen LogP contribution is 2.42. The lowest BCUT2D eigenvalue weighted by molar-refractivity contribution is -0.383. The summed E-state index contributed by atoms with van der Waals surface area (Å²) in [5, 5.41) is 41.9. The number of sulfonamides is 3. The Balaban J connectivity index is 0.000000283. The van der Waals surface area contributed by atoms with Crippen molar-refractivity contribution in [1.29, 1.82) is 0 Å². The molecule has 0 unspecified atom stereocenters. The second-order valence-electron chi connectivity index (χ2n) is 14.8. The number of aromatic nitrogens is 6. The monoisotopic (exact) mass is 1210 g/mol. The normalized spacial score (nSPS) is 12.6. The highest BCUT2D eigenvalue weighted by atomic mass is 35.5. The topological polar surface area (TPSA) is 361 Å². The van der Waals surface area contributed by atoms with E-state index in [0.29, 0.717) is 21.9 Å². The highest BCUT2D eigenvalue weighted by Gasteiger charge is 2.39. The van der Waals surface area contributed by atoms with Crippen molar-refractivity contribution in [2.24, 2.45) is 0 Å². The minimum Gasteiger partial charge on any atom is -0.382 e. The van der Waals surface area contributed by atoms with Crippen molar-refractivity contribution in [3.63, 3.8) is 0 Å². The van der Waals surface area contributed by atoms with E-state index in [2.05, 4.69) is 15.3 Å². The van der Waals surface area contributed by atoms with Crippen molar-refractivity contribution < 1.29 is 88.0 Å². The maximum atomic E-state index is 12.9. The van der Waals surface area contributed by atoms with Gasteiger partial charge in [-0.25, -0.2) is 47.7 Å². The highest BCUT2D eigenvalue weighted by molar-refractivity contribution is 8.09. The molecule has 410 valence electrons. The number of fused-ring (bicyclic) bond motifs is 3. The second kappa shape index (κ2) is 21.9. The lowest BCUT2D eigenvalue weighted by Crippen LogP contribution is -2.36. The average Bonchev–Trinajstić information content (AvgIpc) is 3.79. The van der Waals surface area contributed by atoms with E-state index in [9.17, 15) is 104 Å². The largest absolute Gasteiger partial charge is 0.408 e. The number of non-ortho nitro benzene ring substituents is 3. The zero-order valence-corrected chi connectivity index (χ0v) is 42.6. The zero-order chi connectivity index (χ0) is 57.4. The summed E-state index contributed by atoms with van der Waals surface area (Å²) in [6, 6.07) is 5.93. The van der Waals surface area contributed by atoms with Crippen LogP contribution in [-0.2, 0) is 59.5 Å². The van der Waals surface area contributed by atoms with Crippen LogP contribution in [0.1, 0.15) is 0 Å². The van der Waals surface area contributed by atoms with Crippen LogP contribution >= 0.6 is 34.8 Å². The number of nitrogens with two attached hydrogens (primary N) is 1. The van der Waals surface area contributed by atoms with Gasteiger partial charge in [0.05, 0.1) is 64.8 Å². The Morgan fingerprint density at radius 3 is 1.18 bits per heavy atom. The molecule has 6 rings (SSSR count). The van der Waals surface area contributed by atoms with Crippen molar-refractivity contribution in [3.05, 3.63) is 81.8 Å². The lowest BCUT2D eigenvalue weighted by Gasteiger charge is -2.17. The van der Waals surface area contributed by atoms with Gasteiger partial charge in [-0.3, -0.25) is 35.1 Å². The van der Waals surface area contributed by atoms with E-state index < -0.39 is 143 Å². The Morgan fingerprint density at radius 2 is 0.851 bits per heavy atom. The van der Waals surface area contributed by atoms with Gasteiger partial charge >= 0.3 is 18.5 Å². The molecule has 26 nitrogen and oxygen atoms in total. The Kier molecular flexibility index (Phi) is 18.3. The third-order valence-corrected chi connectivity index (χ3v) is 12.8. The van der Waals surface area contributed by atoms with Crippen LogP contribution in [0.25, 0.3) is 32.7 Å². The molecule has 6 aromatic rings. The maximum absolute atomic E-state index is 12.9. The number of nitro benzene ring substituents is 3. The lowest BCUT2D eigenvalue weighted by atomic mass is 10.2. The average molecular weight is 1210 g/mol. The minimum absolute atomic E-state index is 0.00604. The van der Waals surface area contributed by atoms with Gasteiger partial charge in [0, 0.05) is 30.7 Å². The number of anilines is 3. The summed E-state index contributed by atoms with van der Waals surface area (Å²) in [7, 11) is -15.7. The zero-order valence-electron chi connectivity index (χ0n) is 37.0. The summed E-state index contributed by atoms with van der Waals surface area (Å²) in [5.41, 5.74) is 1.76. The molecule has 74 heavy (non-hydrogen) atoms. The predicted molar refractivity (Wildman–Crippen MR) is 248 cm³/mol. The summed E-state index contributed by atoms with van der Waals surface area (Å²) in [4.78, 5) is 30.4. The third kappa shape index (κ3) is 16.6. The first-order valence-corrected chi connectivity index (χ1v) is 27.4. The summed E-state index contributed by atoms with van der Waals surface area (Å²) < 4.78 is 206. The molecule has 0 radical (unpaired) electrons. The quantitative estimate of drug-likeness (QED) is 0.0763. The van der Waals surface area contributed by atoms with E-state index in [0.717, 1.165) is 49.1 Å². The summed E-state index contributed by atoms with van der Waals surface area (Å²) >= 11 is 17.5. The van der Waals surface area contributed by atoms with Gasteiger partial charge in [0.25, 0.3) is 17.1 Å². The van der Waals surface area contributed by atoms with Gasteiger partial charge in [0.15, 0.2) is 17.5 Å². The van der Waals surface area contributed by atoms with Crippen molar-refractivity contribution in [2.45, 2.75) is 38.2 Å². The number of nitrogens with one attached hydrogen (secondary N) is 1. The Bertz CT molecular complexity index is 3630. The number of hydrogen-bond acceptors (Lipinski definition) is 18. The van der Waals surface area contributed by atoms with Crippen LogP contribution in [0.2, 0.25) is 15.1 Å². The van der Waals surface area contributed by atoms with E-state index in [4.69, 9.17) is 40.5 Å². The third-order valence-electron chi connectivity index (χ3n) is 8.11. The first-order valence-electron chi connectivity index (χ1n) is 18.4. The number of alkyl halides is 9. The van der Waals surface area contributed by atoms with E-state index in [1.807, 2.05) is 4.72 Å². The molecule has 0 atom stereocenters. The molecule has 0 fully saturated rings. The molecular formula is C32H30Cl3F9N12O14S4. The van der Waals surface area contributed by atoms with Crippen molar-refractivity contribution in [2.75, 3.05) is 45.4 Å². The van der Waals surface area contributed by atoms with Crippen LogP contribution < -0.4 is 14.2 Å². The van der Waals surface area contributed by atoms with Gasteiger partial charge in [-0.05, 0) is 18.2 Å². The molecule has 3 aromatic heterocycles. The number of hydrogen-bond donors (Lipinski definition) is 2. The Morgan fingerprint density at radius 1 is 0.554 bits per heavy atom. The summed E-state index contributed by atoms with van der Waals surface area (Å²) in [6.07, 6.45) is -10.2. The molecule has 0 spiro atoms. The van der Waals surface area contributed by atoms with E-state index in [1.54, 1.807) is 0 Å². The molecule has 0 saturated carbocycles. The first-order chi connectivity index (χ1) is 33.1. The molecule has 0 bridgehead atoms. The number of nitro groups is 3. The number of rotatable bonds is 11. The van der Waals surface area contributed by atoms with Crippen molar-refractivity contribution in [1.82, 2.24) is 29.3 Å². The number of nitrogen functional groups attached to an aromatic ring is 1. The van der Waals surface area contributed by atoms with Crippen LogP contribution in [0.5, 0.6) is 0 Å². The molecule has 0 aliphatic heterocycles. The maximum Gasteiger partial charge on any atom is 0.408 e. The smallest absolute Gasteiger partial charge is 0.382 e. The molecule has 0 aliphatic rings. The number of nitrogens with zero attached hydrogens (tertiary/aromatic N) is 10. The molecule has 0 aliphatic carbocycles. The molecular weight excluding hydrogens is 1180 g/mol. The molecule has 0 saturated heterocycles. The van der Waals surface area contributed by atoms with Crippen LogP contribution in [-0.4, -0.2) is 128 Å². The molecule has 0 amide bonds. The Labute approximate surface area is 422 Å². The number of sulfone groups is 1. The van der Waals surface area contributed by atoms with Gasteiger partial charge in [-0.2, -0.15) is 54.8 Å². The van der Waals surface area contributed by atoms with Crippen molar-refractivity contribution in [3.8, 4) is 0 Å². The predicted octanol–water partition coefficient (Wildman–Crippen LogP) is 6.82. The molecule has 3 aromatic carbocycles. The van der Waals surface area contributed by atoms with Crippen LogP contribution in [0.4, 0.5) is 74.0 Å². The van der Waals surface area contributed by atoms with E-state index in [1.165, 1.54) is 6.07 Å². The van der Waals surface area contributed by atoms with Crippen LogP contribution in [0.15, 0.2) is 36.4 Å².